The maximum Gasteiger partial charge on any atom is 0.219 e. The molecule has 2 rings (SSSR count). The molecule has 0 bridgehead atoms. The van der Waals surface area contributed by atoms with Crippen molar-refractivity contribution in [3.63, 3.8) is 0 Å². The number of hydrogen-bond acceptors (Lipinski definition) is 5. The van der Waals surface area contributed by atoms with Crippen LogP contribution in [0.25, 0.3) is 10.8 Å². The van der Waals surface area contributed by atoms with Crippen LogP contribution in [0.3, 0.4) is 0 Å². The summed E-state index contributed by atoms with van der Waals surface area (Å²) in [4.78, 5) is 10.7. The Morgan fingerprint density at radius 1 is 1.18 bits per heavy atom. The summed E-state index contributed by atoms with van der Waals surface area (Å²) in [5, 5.41) is 11.8. The van der Waals surface area contributed by atoms with E-state index in [2.05, 4.69) is 6.92 Å². The molecular formula is C21H29NO5S. The van der Waals surface area contributed by atoms with Gasteiger partial charge in [-0.2, -0.15) is 0 Å². The SMILES string of the molecule is CCC(CCCCS(=O)(=O)c1cc2ccccc2cc1O)COCCC(N)=O. The maximum atomic E-state index is 12.7. The Bertz CT molecular complexity index is 895. The third kappa shape index (κ3) is 6.49. The maximum absolute atomic E-state index is 12.7. The number of fused-ring (bicyclic) bond motifs is 1. The molecule has 0 aliphatic carbocycles. The zero-order chi connectivity index (χ0) is 20.6. The van der Waals surface area contributed by atoms with Crippen molar-refractivity contribution in [1.82, 2.24) is 0 Å². The molecule has 0 spiro atoms. The lowest BCUT2D eigenvalue weighted by Gasteiger charge is -2.15. The first-order valence-electron chi connectivity index (χ1n) is 9.64. The van der Waals surface area contributed by atoms with Crippen LogP contribution in [-0.4, -0.2) is 38.4 Å². The van der Waals surface area contributed by atoms with Gasteiger partial charge in [0, 0.05) is 13.0 Å². The Balaban J connectivity index is 1.86. The Labute approximate surface area is 166 Å². The van der Waals surface area contributed by atoms with Gasteiger partial charge in [0.05, 0.1) is 12.4 Å². The van der Waals surface area contributed by atoms with Crippen LogP contribution < -0.4 is 5.73 Å². The number of unbranched alkanes of at least 4 members (excludes halogenated alkanes) is 1. The highest BCUT2D eigenvalue weighted by Crippen LogP contribution is 2.30. The van der Waals surface area contributed by atoms with Crippen molar-refractivity contribution in [3.05, 3.63) is 36.4 Å². The van der Waals surface area contributed by atoms with E-state index in [1.807, 2.05) is 24.3 Å². The number of phenols is 1. The smallest absolute Gasteiger partial charge is 0.219 e. The van der Waals surface area contributed by atoms with Gasteiger partial charge in [0.15, 0.2) is 9.84 Å². The van der Waals surface area contributed by atoms with Crippen LogP contribution in [0.15, 0.2) is 41.3 Å². The lowest BCUT2D eigenvalue weighted by Crippen LogP contribution is -2.16. The molecule has 7 heteroatoms. The fourth-order valence-corrected chi connectivity index (χ4v) is 4.61. The molecule has 0 aliphatic rings. The zero-order valence-electron chi connectivity index (χ0n) is 16.3. The second-order valence-corrected chi connectivity index (χ2v) is 9.12. The van der Waals surface area contributed by atoms with E-state index in [0.717, 1.165) is 30.0 Å². The molecule has 6 nitrogen and oxygen atoms in total. The van der Waals surface area contributed by atoms with Gasteiger partial charge in [-0.25, -0.2) is 8.42 Å². The highest BCUT2D eigenvalue weighted by Gasteiger charge is 2.19. The molecule has 0 saturated carbocycles. The number of sulfone groups is 1. The second kappa shape index (κ2) is 10.4. The van der Waals surface area contributed by atoms with Crippen molar-refractivity contribution in [2.75, 3.05) is 19.0 Å². The first-order valence-corrected chi connectivity index (χ1v) is 11.3. The lowest BCUT2D eigenvalue weighted by atomic mass is 10.0. The van der Waals surface area contributed by atoms with E-state index in [-0.39, 0.29) is 28.7 Å². The first kappa shape index (κ1) is 22.2. The van der Waals surface area contributed by atoms with Crippen LogP contribution in [0.1, 0.15) is 39.0 Å². The topological polar surface area (TPSA) is 107 Å². The minimum atomic E-state index is -3.55. The Morgan fingerprint density at radius 3 is 2.50 bits per heavy atom. The number of carbonyl (C=O) groups is 1. The normalized spacial score (nSPS) is 12.9. The number of phenolic OH excluding ortho intramolecular Hbond substituents is 1. The van der Waals surface area contributed by atoms with E-state index in [4.69, 9.17) is 10.5 Å². The summed E-state index contributed by atoms with van der Waals surface area (Å²) in [6, 6.07) is 10.4. The number of carbonyl (C=O) groups excluding carboxylic acids is 1. The van der Waals surface area contributed by atoms with Crippen LogP contribution >= 0.6 is 0 Å². The van der Waals surface area contributed by atoms with Gasteiger partial charge in [0.25, 0.3) is 0 Å². The number of aromatic hydroxyl groups is 1. The molecule has 0 aliphatic heterocycles. The van der Waals surface area contributed by atoms with Crippen molar-refractivity contribution in [1.29, 1.82) is 0 Å². The van der Waals surface area contributed by atoms with E-state index in [1.54, 1.807) is 6.07 Å². The van der Waals surface area contributed by atoms with Gasteiger partial charge in [0.2, 0.25) is 5.91 Å². The van der Waals surface area contributed by atoms with Crippen molar-refractivity contribution < 1.29 is 23.1 Å². The van der Waals surface area contributed by atoms with Crippen LogP contribution in [0.4, 0.5) is 0 Å². The molecule has 1 amide bonds. The van der Waals surface area contributed by atoms with Gasteiger partial charge in [-0.1, -0.05) is 44.0 Å². The van der Waals surface area contributed by atoms with E-state index < -0.39 is 9.84 Å². The van der Waals surface area contributed by atoms with Crippen molar-refractivity contribution in [2.45, 2.75) is 43.9 Å². The summed E-state index contributed by atoms with van der Waals surface area (Å²) in [6.45, 7) is 2.93. The average molecular weight is 408 g/mol. The fraction of sp³-hybridized carbons (Fsp3) is 0.476. The molecule has 0 aromatic heterocycles. The van der Waals surface area contributed by atoms with Crippen molar-refractivity contribution in [3.8, 4) is 5.75 Å². The zero-order valence-corrected chi connectivity index (χ0v) is 17.1. The molecule has 1 atom stereocenters. The van der Waals surface area contributed by atoms with Gasteiger partial charge >= 0.3 is 0 Å². The lowest BCUT2D eigenvalue weighted by molar-refractivity contribution is -0.119. The summed E-state index contributed by atoms with van der Waals surface area (Å²) >= 11 is 0. The standard InChI is InChI=1S/C21H29NO5S/c1-2-16(15-27-11-10-21(22)24)7-5-6-12-28(25,26)20-14-18-9-4-3-8-17(18)13-19(20)23/h3-4,8-9,13-14,16,23H,2,5-7,10-12,15H2,1H3,(H2,22,24). The van der Waals surface area contributed by atoms with Gasteiger partial charge in [-0.3, -0.25) is 4.79 Å². The van der Waals surface area contributed by atoms with Crippen LogP contribution in [0.5, 0.6) is 5.75 Å². The molecule has 0 fully saturated rings. The Hall–Kier alpha value is -2.12. The highest BCUT2D eigenvalue weighted by molar-refractivity contribution is 7.91. The monoisotopic (exact) mass is 407 g/mol. The number of nitrogens with two attached hydrogens (primary N) is 1. The van der Waals surface area contributed by atoms with Gasteiger partial charge in [-0.15, -0.1) is 0 Å². The molecule has 154 valence electrons. The number of amides is 1. The van der Waals surface area contributed by atoms with Crippen LogP contribution in [0, 0.1) is 5.92 Å². The van der Waals surface area contributed by atoms with Crippen molar-refractivity contribution >= 4 is 26.5 Å². The third-order valence-electron chi connectivity index (χ3n) is 4.86. The molecule has 0 heterocycles. The van der Waals surface area contributed by atoms with E-state index in [1.165, 1.54) is 6.07 Å². The van der Waals surface area contributed by atoms with E-state index in [0.29, 0.717) is 25.6 Å². The minimum Gasteiger partial charge on any atom is -0.507 e. The highest BCUT2D eigenvalue weighted by atomic mass is 32.2. The van der Waals surface area contributed by atoms with Gasteiger partial charge in [0.1, 0.15) is 10.6 Å². The number of benzene rings is 2. The molecule has 2 aromatic carbocycles. The fourth-order valence-electron chi connectivity index (χ4n) is 3.12. The van der Waals surface area contributed by atoms with Gasteiger partial charge < -0.3 is 15.6 Å². The Kier molecular flexibility index (Phi) is 8.26. The van der Waals surface area contributed by atoms with Crippen molar-refractivity contribution in [2.24, 2.45) is 11.7 Å². The molecule has 28 heavy (non-hydrogen) atoms. The average Bonchev–Trinajstić information content (AvgIpc) is 2.65. The Morgan fingerprint density at radius 2 is 1.86 bits per heavy atom. The molecule has 2 aromatic rings. The predicted octanol–water partition coefficient (Wildman–Crippen LogP) is 3.41. The number of rotatable bonds is 12. The number of hydrogen-bond donors (Lipinski definition) is 2. The number of ether oxygens (including phenoxy) is 1. The quantitative estimate of drug-likeness (QED) is 0.524. The predicted molar refractivity (Wildman–Crippen MR) is 110 cm³/mol. The van der Waals surface area contributed by atoms with E-state index >= 15 is 0 Å². The summed E-state index contributed by atoms with van der Waals surface area (Å²) < 4.78 is 30.8. The second-order valence-electron chi connectivity index (χ2n) is 7.05. The first-order chi connectivity index (χ1) is 13.3. The third-order valence-corrected chi connectivity index (χ3v) is 6.68. The summed E-state index contributed by atoms with van der Waals surface area (Å²) in [6.07, 6.45) is 3.27. The number of primary amides is 1. The van der Waals surface area contributed by atoms with E-state index in [9.17, 15) is 18.3 Å². The van der Waals surface area contributed by atoms with Crippen LogP contribution in [-0.2, 0) is 19.4 Å². The molecule has 1 unspecified atom stereocenters. The van der Waals surface area contributed by atoms with Crippen LogP contribution in [0.2, 0.25) is 0 Å². The molecule has 3 N–H and O–H groups in total. The molecule has 0 radical (unpaired) electrons. The molecule has 0 saturated heterocycles. The summed E-state index contributed by atoms with van der Waals surface area (Å²) in [5.41, 5.74) is 5.08. The minimum absolute atomic E-state index is 0.00212. The molecular weight excluding hydrogens is 378 g/mol. The summed E-state index contributed by atoms with van der Waals surface area (Å²) in [7, 11) is -3.55. The van der Waals surface area contributed by atoms with Gasteiger partial charge in [-0.05, 0) is 41.7 Å². The largest absolute Gasteiger partial charge is 0.507 e. The summed E-state index contributed by atoms with van der Waals surface area (Å²) in [5.74, 6) is -0.259.